The molecule has 0 spiro atoms. The van der Waals surface area contributed by atoms with Gasteiger partial charge in [-0.25, -0.2) is 0 Å². The molecule has 0 bridgehead atoms. The highest BCUT2D eigenvalue weighted by molar-refractivity contribution is 6.26. The van der Waals surface area contributed by atoms with Crippen molar-refractivity contribution in [3.8, 4) is 0 Å². The molecule has 0 aliphatic heterocycles. The summed E-state index contributed by atoms with van der Waals surface area (Å²) in [6, 6.07) is 0. The summed E-state index contributed by atoms with van der Waals surface area (Å²) >= 11 is 5.67. The summed E-state index contributed by atoms with van der Waals surface area (Å²) in [4.78, 5) is 0. The average molecular weight is 132 g/mol. The largest absolute Gasteiger partial charge is 0.127 e. The van der Waals surface area contributed by atoms with Crippen molar-refractivity contribution in [1.82, 2.24) is 0 Å². The van der Waals surface area contributed by atoms with Gasteiger partial charge in [-0.1, -0.05) is 26.7 Å². The maximum absolute atomic E-state index is 5.67. The number of rotatable bonds is 3. The number of halogens is 1. The molecule has 1 atom stereocenters. The second-order valence-corrected chi connectivity index (χ2v) is 3.32. The van der Waals surface area contributed by atoms with Gasteiger partial charge in [0.25, 0.3) is 0 Å². The Bertz CT molecular complexity index is 61.5. The molecule has 0 saturated carbocycles. The first kappa shape index (κ1) is 8.35. The highest BCUT2D eigenvalue weighted by Gasteiger charge is 2.13. The number of alkyl halides is 1. The van der Waals surface area contributed by atoms with Crippen LogP contribution in [0.15, 0.2) is 0 Å². The summed E-state index contributed by atoms with van der Waals surface area (Å²) in [6.45, 7) is 4.39. The third kappa shape index (κ3) is 3.37. The molecule has 0 aromatic rings. The lowest BCUT2D eigenvalue weighted by atomic mass is 9.69. The van der Waals surface area contributed by atoms with E-state index in [1.54, 1.807) is 0 Å². The van der Waals surface area contributed by atoms with Crippen LogP contribution in [0.3, 0.4) is 0 Å². The Hall–Kier alpha value is 0.355. The van der Waals surface area contributed by atoms with Gasteiger partial charge in [-0.15, -0.1) is 11.6 Å². The van der Waals surface area contributed by atoms with Crippen LogP contribution in [0.25, 0.3) is 0 Å². The highest BCUT2D eigenvalue weighted by Crippen LogP contribution is 2.27. The third-order valence-corrected chi connectivity index (χ3v) is 2.01. The standard InChI is InChI=1S/C6H14BCl/c1-3-4-6(2,7)5-8/h3-5,7H2,1-2H3. The van der Waals surface area contributed by atoms with Gasteiger partial charge in [-0.05, 0) is 5.31 Å². The molecule has 2 heteroatoms. The molecular weight excluding hydrogens is 118 g/mol. The van der Waals surface area contributed by atoms with Gasteiger partial charge in [0.15, 0.2) is 0 Å². The maximum Gasteiger partial charge on any atom is 0.110 e. The third-order valence-electron chi connectivity index (χ3n) is 1.29. The van der Waals surface area contributed by atoms with Crippen LogP contribution in [0.1, 0.15) is 26.7 Å². The van der Waals surface area contributed by atoms with Crippen molar-refractivity contribution in [2.75, 3.05) is 5.88 Å². The second-order valence-electron chi connectivity index (χ2n) is 3.05. The molecule has 0 heterocycles. The number of hydrogen-bond donors (Lipinski definition) is 0. The molecule has 0 radical (unpaired) electrons. The van der Waals surface area contributed by atoms with Gasteiger partial charge >= 0.3 is 0 Å². The first-order valence-electron chi connectivity index (χ1n) is 3.18. The van der Waals surface area contributed by atoms with E-state index in [0.717, 1.165) is 5.88 Å². The van der Waals surface area contributed by atoms with E-state index in [9.17, 15) is 0 Å². The summed E-state index contributed by atoms with van der Waals surface area (Å²) in [7, 11) is 2.20. The smallest absolute Gasteiger partial charge is 0.110 e. The van der Waals surface area contributed by atoms with Crippen LogP contribution >= 0.6 is 11.6 Å². The van der Waals surface area contributed by atoms with Crippen LogP contribution in [-0.2, 0) is 0 Å². The molecule has 8 heavy (non-hydrogen) atoms. The Morgan fingerprint density at radius 1 is 1.62 bits per heavy atom. The van der Waals surface area contributed by atoms with E-state index in [4.69, 9.17) is 11.6 Å². The molecule has 0 rings (SSSR count). The molecule has 0 saturated heterocycles. The normalized spacial score (nSPS) is 17.9. The average Bonchev–Trinajstić information content (AvgIpc) is 1.67. The van der Waals surface area contributed by atoms with Crippen LogP contribution in [0.5, 0.6) is 0 Å². The number of hydrogen-bond acceptors (Lipinski definition) is 0. The van der Waals surface area contributed by atoms with Crippen molar-refractivity contribution in [3.05, 3.63) is 0 Å². The van der Waals surface area contributed by atoms with E-state index < -0.39 is 0 Å². The molecule has 0 aliphatic rings. The minimum absolute atomic E-state index is 0.357. The zero-order valence-electron chi connectivity index (χ0n) is 6.00. The summed E-state index contributed by atoms with van der Waals surface area (Å²) in [6.07, 6.45) is 2.47. The van der Waals surface area contributed by atoms with Gasteiger partial charge in [-0.3, -0.25) is 0 Å². The fourth-order valence-corrected chi connectivity index (χ4v) is 0.877. The van der Waals surface area contributed by atoms with E-state index in [2.05, 4.69) is 21.7 Å². The molecule has 0 aromatic carbocycles. The molecule has 0 aliphatic carbocycles. The monoisotopic (exact) mass is 132 g/mol. The lowest BCUT2D eigenvalue weighted by Gasteiger charge is -2.19. The van der Waals surface area contributed by atoms with E-state index in [0.29, 0.717) is 5.31 Å². The summed E-state index contributed by atoms with van der Waals surface area (Å²) in [5, 5.41) is 0.357. The molecule has 0 aromatic heterocycles. The molecule has 0 nitrogen and oxygen atoms in total. The van der Waals surface area contributed by atoms with Crippen molar-refractivity contribution >= 4 is 19.4 Å². The molecule has 1 unspecified atom stereocenters. The minimum atomic E-state index is 0.357. The fourth-order valence-electron chi connectivity index (χ4n) is 0.744. The van der Waals surface area contributed by atoms with Gasteiger partial charge in [0.05, 0.1) is 0 Å². The van der Waals surface area contributed by atoms with E-state index in [1.807, 2.05) is 0 Å². The zero-order valence-corrected chi connectivity index (χ0v) is 6.76. The first-order chi connectivity index (χ1) is 3.62. The van der Waals surface area contributed by atoms with Crippen LogP contribution in [0.4, 0.5) is 0 Å². The Morgan fingerprint density at radius 3 is 2.25 bits per heavy atom. The molecule has 0 amide bonds. The highest BCUT2D eigenvalue weighted by atomic mass is 35.5. The molecule has 0 N–H and O–H groups in total. The summed E-state index contributed by atoms with van der Waals surface area (Å²) in [5.41, 5.74) is 0. The van der Waals surface area contributed by atoms with Gasteiger partial charge in [0, 0.05) is 5.88 Å². The Balaban J connectivity index is 3.37. The summed E-state index contributed by atoms with van der Waals surface area (Å²) in [5.74, 6) is 0.779. The van der Waals surface area contributed by atoms with Crippen molar-refractivity contribution in [3.63, 3.8) is 0 Å². The van der Waals surface area contributed by atoms with E-state index in [1.165, 1.54) is 12.8 Å². The maximum atomic E-state index is 5.67. The van der Waals surface area contributed by atoms with Gasteiger partial charge in [0.1, 0.15) is 7.85 Å². The van der Waals surface area contributed by atoms with E-state index in [-0.39, 0.29) is 0 Å². The quantitative estimate of drug-likeness (QED) is 0.406. The minimum Gasteiger partial charge on any atom is -0.127 e. The Morgan fingerprint density at radius 2 is 2.12 bits per heavy atom. The van der Waals surface area contributed by atoms with Crippen molar-refractivity contribution < 1.29 is 0 Å². The molecule has 0 fully saturated rings. The first-order valence-corrected chi connectivity index (χ1v) is 3.72. The van der Waals surface area contributed by atoms with Crippen LogP contribution in [0, 0.1) is 0 Å². The van der Waals surface area contributed by atoms with Gasteiger partial charge in [-0.2, -0.15) is 0 Å². The molecular formula is C6H14BCl. The lowest BCUT2D eigenvalue weighted by Crippen LogP contribution is -2.08. The SMILES string of the molecule is BC(C)(CCl)CCC. The van der Waals surface area contributed by atoms with E-state index >= 15 is 0 Å². The van der Waals surface area contributed by atoms with Crippen molar-refractivity contribution in [2.45, 2.75) is 32.0 Å². The van der Waals surface area contributed by atoms with Crippen LogP contribution < -0.4 is 0 Å². The predicted molar refractivity (Wildman–Crippen MR) is 42.5 cm³/mol. The predicted octanol–water partition coefficient (Wildman–Crippen LogP) is 1.84. The summed E-state index contributed by atoms with van der Waals surface area (Å²) < 4.78 is 0. The Kier molecular flexibility index (Phi) is 3.54. The topological polar surface area (TPSA) is 0 Å². The Labute approximate surface area is 58.0 Å². The second kappa shape index (κ2) is 3.39. The lowest BCUT2D eigenvalue weighted by molar-refractivity contribution is 0.606. The van der Waals surface area contributed by atoms with Gasteiger partial charge in [0.2, 0.25) is 0 Å². The van der Waals surface area contributed by atoms with Crippen molar-refractivity contribution in [1.29, 1.82) is 0 Å². The molecule has 48 valence electrons. The van der Waals surface area contributed by atoms with Crippen LogP contribution in [-0.4, -0.2) is 13.7 Å². The zero-order chi connectivity index (χ0) is 6.62. The van der Waals surface area contributed by atoms with Crippen molar-refractivity contribution in [2.24, 2.45) is 0 Å². The fraction of sp³-hybridized carbons (Fsp3) is 1.00. The van der Waals surface area contributed by atoms with Gasteiger partial charge < -0.3 is 0 Å². The van der Waals surface area contributed by atoms with Crippen LogP contribution in [0.2, 0.25) is 5.31 Å².